The lowest BCUT2D eigenvalue weighted by Gasteiger charge is -2.25. The van der Waals surface area contributed by atoms with Gasteiger partial charge in [-0.05, 0) is 25.0 Å². The van der Waals surface area contributed by atoms with E-state index in [2.05, 4.69) is 5.32 Å². The Morgan fingerprint density at radius 3 is 2.22 bits per heavy atom. The summed E-state index contributed by atoms with van der Waals surface area (Å²) >= 11 is 0. The summed E-state index contributed by atoms with van der Waals surface area (Å²) in [6, 6.07) is 16.7. The summed E-state index contributed by atoms with van der Waals surface area (Å²) < 4.78 is 0. The van der Waals surface area contributed by atoms with Crippen LogP contribution in [0.25, 0.3) is 0 Å². The molecule has 0 aliphatic heterocycles. The summed E-state index contributed by atoms with van der Waals surface area (Å²) in [5, 5.41) is 12.3. The van der Waals surface area contributed by atoms with Gasteiger partial charge in [-0.1, -0.05) is 60.2 Å². The van der Waals surface area contributed by atoms with Crippen molar-refractivity contribution in [3.8, 4) is 0 Å². The Balaban J connectivity index is 2.03. The van der Waals surface area contributed by atoms with Crippen molar-refractivity contribution in [2.45, 2.75) is 25.7 Å². The molecule has 1 atom stereocenters. The first-order chi connectivity index (χ1) is 10.9. The van der Waals surface area contributed by atoms with Crippen LogP contribution in [0.2, 0.25) is 0 Å². The van der Waals surface area contributed by atoms with E-state index in [1.807, 2.05) is 37.3 Å². The number of aryl methyl sites for hydroxylation is 1. The van der Waals surface area contributed by atoms with Gasteiger partial charge in [0, 0.05) is 6.54 Å². The number of carboxylic acids is 1. The molecule has 2 N–H and O–H groups in total. The maximum absolute atomic E-state index is 12.1. The van der Waals surface area contributed by atoms with Gasteiger partial charge in [-0.2, -0.15) is 0 Å². The van der Waals surface area contributed by atoms with E-state index >= 15 is 0 Å². The lowest BCUT2D eigenvalue weighted by atomic mass is 9.82. The molecule has 0 bridgehead atoms. The molecule has 0 fully saturated rings. The minimum absolute atomic E-state index is 0.0526. The molecule has 23 heavy (non-hydrogen) atoms. The van der Waals surface area contributed by atoms with Crippen LogP contribution in [0.1, 0.15) is 23.6 Å². The van der Waals surface area contributed by atoms with Crippen molar-refractivity contribution in [3.63, 3.8) is 0 Å². The van der Waals surface area contributed by atoms with Gasteiger partial charge in [0.05, 0.1) is 6.42 Å². The number of hydrogen-bond acceptors (Lipinski definition) is 2. The van der Waals surface area contributed by atoms with Gasteiger partial charge in [0.15, 0.2) is 0 Å². The van der Waals surface area contributed by atoms with Gasteiger partial charge in [-0.15, -0.1) is 0 Å². The largest absolute Gasteiger partial charge is 0.481 e. The van der Waals surface area contributed by atoms with Gasteiger partial charge in [0.1, 0.15) is 5.41 Å². The van der Waals surface area contributed by atoms with Gasteiger partial charge >= 0.3 is 5.97 Å². The highest BCUT2D eigenvalue weighted by Gasteiger charge is 2.35. The van der Waals surface area contributed by atoms with Crippen LogP contribution in [-0.4, -0.2) is 23.5 Å². The van der Waals surface area contributed by atoms with E-state index in [4.69, 9.17) is 0 Å². The summed E-state index contributed by atoms with van der Waals surface area (Å²) in [6.07, 6.45) is 0.241. The molecular formula is C19H21NO3. The van der Waals surface area contributed by atoms with Crippen LogP contribution in [0.15, 0.2) is 54.6 Å². The lowest BCUT2D eigenvalue weighted by molar-refractivity contribution is -0.143. The Kier molecular flexibility index (Phi) is 5.16. The Hall–Kier alpha value is -2.62. The van der Waals surface area contributed by atoms with Crippen LogP contribution in [0, 0.1) is 6.92 Å². The average Bonchev–Trinajstić information content (AvgIpc) is 2.55. The highest BCUT2D eigenvalue weighted by molar-refractivity contribution is 5.83. The third kappa shape index (κ3) is 4.19. The molecule has 0 saturated carbocycles. The van der Waals surface area contributed by atoms with Gasteiger partial charge in [0.2, 0.25) is 5.91 Å². The minimum Gasteiger partial charge on any atom is -0.481 e. The van der Waals surface area contributed by atoms with E-state index in [1.54, 1.807) is 31.2 Å². The number of rotatable bonds is 6. The molecule has 0 spiro atoms. The average molecular weight is 311 g/mol. The summed E-state index contributed by atoms with van der Waals surface area (Å²) in [5.74, 6) is -1.14. The fraction of sp³-hybridized carbons (Fsp3) is 0.263. The first-order valence-electron chi connectivity index (χ1n) is 7.53. The lowest BCUT2D eigenvalue weighted by Crippen LogP contribution is -2.44. The molecule has 0 heterocycles. The van der Waals surface area contributed by atoms with Crippen molar-refractivity contribution in [1.29, 1.82) is 0 Å². The Bertz CT molecular complexity index is 680. The molecule has 2 aromatic carbocycles. The highest BCUT2D eigenvalue weighted by atomic mass is 16.4. The number of nitrogens with one attached hydrogen (secondary N) is 1. The molecule has 1 unspecified atom stereocenters. The predicted molar refractivity (Wildman–Crippen MR) is 89.3 cm³/mol. The fourth-order valence-corrected chi connectivity index (χ4v) is 2.34. The molecule has 0 aliphatic carbocycles. The summed E-state index contributed by atoms with van der Waals surface area (Å²) in [7, 11) is 0. The molecule has 4 heteroatoms. The third-order valence-corrected chi connectivity index (χ3v) is 4.01. The van der Waals surface area contributed by atoms with Crippen molar-refractivity contribution < 1.29 is 14.7 Å². The number of hydrogen-bond donors (Lipinski definition) is 2. The molecular weight excluding hydrogens is 290 g/mol. The zero-order chi connectivity index (χ0) is 16.9. The molecule has 0 aliphatic rings. The number of amides is 1. The Morgan fingerprint density at radius 1 is 1.04 bits per heavy atom. The predicted octanol–water partition coefficient (Wildman–Crippen LogP) is 2.70. The molecule has 0 saturated heterocycles. The second-order valence-electron chi connectivity index (χ2n) is 5.94. The quantitative estimate of drug-likeness (QED) is 0.862. The van der Waals surface area contributed by atoms with Crippen molar-refractivity contribution >= 4 is 11.9 Å². The topological polar surface area (TPSA) is 66.4 Å². The zero-order valence-corrected chi connectivity index (χ0v) is 13.4. The number of carbonyl (C=O) groups is 2. The van der Waals surface area contributed by atoms with Crippen LogP contribution in [-0.2, 0) is 21.4 Å². The maximum Gasteiger partial charge on any atom is 0.315 e. The number of carboxylic acid groups (broad SMARTS) is 1. The normalized spacial score (nSPS) is 13.1. The fourth-order valence-electron chi connectivity index (χ4n) is 2.34. The number of benzene rings is 2. The van der Waals surface area contributed by atoms with E-state index in [9.17, 15) is 14.7 Å². The van der Waals surface area contributed by atoms with Gasteiger partial charge in [0.25, 0.3) is 0 Å². The van der Waals surface area contributed by atoms with Crippen molar-refractivity contribution in [3.05, 3.63) is 71.3 Å². The SMILES string of the molecule is Cc1ccc(CC(=O)NCC(C)(C(=O)O)c2ccccc2)cc1. The van der Waals surface area contributed by atoms with Gasteiger partial charge in [-0.3, -0.25) is 9.59 Å². The van der Waals surface area contributed by atoms with Crippen molar-refractivity contribution in [2.75, 3.05) is 6.54 Å². The molecule has 2 rings (SSSR count). The van der Waals surface area contributed by atoms with Crippen LogP contribution < -0.4 is 5.32 Å². The number of carbonyl (C=O) groups excluding carboxylic acids is 1. The first-order valence-corrected chi connectivity index (χ1v) is 7.53. The summed E-state index contributed by atoms with van der Waals surface area (Å²) in [5.41, 5.74) is 1.56. The first kappa shape index (κ1) is 16.7. The molecule has 4 nitrogen and oxygen atoms in total. The van der Waals surface area contributed by atoms with Crippen molar-refractivity contribution in [1.82, 2.24) is 5.32 Å². The van der Waals surface area contributed by atoms with Crippen LogP contribution in [0.3, 0.4) is 0 Å². The van der Waals surface area contributed by atoms with Crippen LogP contribution in [0.5, 0.6) is 0 Å². The minimum atomic E-state index is -1.15. The van der Waals surface area contributed by atoms with E-state index in [0.29, 0.717) is 5.56 Å². The monoisotopic (exact) mass is 311 g/mol. The van der Waals surface area contributed by atoms with Crippen LogP contribution in [0.4, 0.5) is 0 Å². The second-order valence-corrected chi connectivity index (χ2v) is 5.94. The molecule has 1 amide bonds. The van der Waals surface area contributed by atoms with E-state index < -0.39 is 11.4 Å². The molecule has 0 aromatic heterocycles. The maximum atomic E-state index is 12.1. The standard InChI is InChI=1S/C19H21NO3/c1-14-8-10-15(11-9-14)12-17(21)20-13-19(2,18(22)23)16-6-4-3-5-7-16/h3-11H,12-13H2,1-2H3,(H,20,21)(H,22,23). The smallest absolute Gasteiger partial charge is 0.315 e. The molecule has 120 valence electrons. The van der Waals surface area contributed by atoms with Crippen LogP contribution >= 0.6 is 0 Å². The Labute approximate surface area is 136 Å². The third-order valence-electron chi connectivity index (χ3n) is 4.01. The van der Waals surface area contributed by atoms with E-state index in [-0.39, 0.29) is 18.9 Å². The molecule has 2 aromatic rings. The van der Waals surface area contributed by atoms with Gasteiger partial charge < -0.3 is 10.4 Å². The summed E-state index contributed by atoms with van der Waals surface area (Å²) in [6.45, 7) is 3.66. The summed E-state index contributed by atoms with van der Waals surface area (Å²) in [4.78, 5) is 23.8. The zero-order valence-electron chi connectivity index (χ0n) is 13.4. The highest BCUT2D eigenvalue weighted by Crippen LogP contribution is 2.23. The van der Waals surface area contributed by atoms with E-state index in [1.165, 1.54) is 0 Å². The van der Waals surface area contributed by atoms with E-state index in [0.717, 1.165) is 11.1 Å². The van der Waals surface area contributed by atoms with Gasteiger partial charge in [-0.25, -0.2) is 0 Å². The molecule has 0 radical (unpaired) electrons. The number of aliphatic carboxylic acids is 1. The Morgan fingerprint density at radius 2 is 1.65 bits per heavy atom. The van der Waals surface area contributed by atoms with Crippen molar-refractivity contribution in [2.24, 2.45) is 0 Å². The second kappa shape index (κ2) is 7.09.